The normalized spacial score (nSPS) is 13.0. The number of methoxy groups -OCH3 is 2. The van der Waals surface area contributed by atoms with E-state index in [4.69, 9.17) is 18.9 Å². The number of Topliss-reactive ketones (excluding diaryl/α,β-unsaturated/α-hetero) is 1. The van der Waals surface area contributed by atoms with Crippen molar-refractivity contribution < 1.29 is 28.5 Å². The molecule has 0 spiro atoms. The van der Waals surface area contributed by atoms with Crippen LogP contribution in [0.25, 0.3) is 10.8 Å². The van der Waals surface area contributed by atoms with Crippen LogP contribution >= 0.6 is 0 Å². The van der Waals surface area contributed by atoms with Crippen molar-refractivity contribution in [2.45, 2.75) is 39.0 Å². The van der Waals surface area contributed by atoms with Gasteiger partial charge in [0.05, 0.1) is 44.4 Å². The first-order valence-electron chi connectivity index (χ1n) is 16.3. The molecule has 2 N–H and O–H groups in total. The molecule has 2 amide bonds. The largest absolute Gasteiger partial charge is 0.497 e. The minimum Gasteiger partial charge on any atom is -0.497 e. The van der Waals surface area contributed by atoms with Crippen LogP contribution in [0.1, 0.15) is 54.4 Å². The van der Waals surface area contributed by atoms with E-state index >= 15 is 0 Å². The van der Waals surface area contributed by atoms with Gasteiger partial charge >= 0.3 is 6.03 Å². The number of nitrogens with zero attached hydrogens (tertiary/aromatic N) is 1. The van der Waals surface area contributed by atoms with E-state index in [0.717, 1.165) is 33.3 Å². The standard InChI is InChI=1S/C40H41N3O6/c1-40(2,3)27-20-33(36(44)19-26-23-48-24-26)38(47-5)35(21-27)43-39(45)42-34-13-14-37(32-12-7-6-11-31(32)34)49-30-15-16-41-28(22-30)17-25-9-8-10-29(18-25)46-4/h6-16,18,20-22,26H,17,19,23-24H2,1-5H3,(H2,42,43,45). The Morgan fingerprint density at radius 1 is 0.837 bits per heavy atom. The number of fused-ring (bicyclic) bond motifs is 1. The number of ether oxygens (including phenoxy) is 4. The van der Waals surface area contributed by atoms with Gasteiger partial charge in [0.25, 0.3) is 0 Å². The van der Waals surface area contributed by atoms with Gasteiger partial charge in [-0.3, -0.25) is 9.78 Å². The number of nitrogens with one attached hydrogen (secondary N) is 2. The van der Waals surface area contributed by atoms with Gasteiger partial charge in [0, 0.05) is 47.5 Å². The molecule has 0 atom stereocenters. The summed E-state index contributed by atoms with van der Waals surface area (Å²) in [6.07, 6.45) is 2.72. The van der Waals surface area contributed by atoms with E-state index in [-0.39, 0.29) is 17.1 Å². The topological polar surface area (TPSA) is 108 Å². The summed E-state index contributed by atoms with van der Waals surface area (Å²) in [4.78, 5) is 31.5. The van der Waals surface area contributed by atoms with E-state index in [1.165, 1.54) is 7.11 Å². The predicted octanol–water partition coefficient (Wildman–Crippen LogP) is 8.80. The van der Waals surface area contributed by atoms with Crippen molar-refractivity contribution in [3.8, 4) is 23.0 Å². The van der Waals surface area contributed by atoms with E-state index in [1.807, 2.05) is 84.9 Å². The summed E-state index contributed by atoms with van der Waals surface area (Å²) in [5.41, 5.74) is 4.05. The number of carbonyl (C=O) groups is 2. The van der Waals surface area contributed by atoms with Crippen LogP contribution in [0.5, 0.6) is 23.0 Å². The maximum absolute atomic E-state index is 13.5. The summed E-state index contributed by atoms with van der Waals surface area (Å²) in [7, 11) is 3.16. The zero-order valence-electron chi connectivity index (χ0n) is 28.5. The second kappa shape index (κ2) is 14.4. The molecular formula is C40H41N3O6. The van der Waals surface area contributed by atoms with Crippen molar-refractivity contribution in [3.05, 3.63) is 114 Å². The summed E-state index contributed by atoms with van der Waals surface area (Å²) in [6, 6.07) is 26.3. The molecule has 0 aliphatic carbocycles. The van der Waals surface area contributed by atoms with Gasteiger partial charge in [0.15, 0.2) is 11.5 Å². The van der Waals surface area contributed by atoms with Crippen molar-refractivity contribution in [3.63, 3.8) is 0 Å². The van der Waals surface area contributed by atoms with Gasteiger partial charge in [-0.25, -0.2) is 4.79 Å². The molecule has 5 aromatic rings. The number of hydrogen-bond acceptors (Lipinski definition) is 7. The number of amides is 2. The lowest BCUT2D eigenvalue weighted by molar-refractivity contribution is -0.0322. The minimum atomic E-state index is -0.467. The lowest BCUT2D eigenvalue weighted by Crippen LogP contribution is -2.30. The van der Waals surface area contributed by atoms with E-state index in [1.54, 1.807) is 13.3 Å². The van der Waals surface area contributed by atoms with Gasteiger partial charge in [-0.05, 0) is 59.0 Å². The van der Waals surface area contributed by atoms with Crippen LogP contribution in [0.15, 0.2) is 91.1 Å². The number of ketones is 1. The summed E-state index contributed by atoms with van der Waals surface area (Å²) >= 11 is 0. The van der Waals surface area contributed by atoms with Crippen LogP contribution in [-0.2, 0) is 16.6 Å². The number of aromatic nitrogens is 1. The molecular weight excluding hydrogens is 618 g/mol. The second-order valence-corrected chi connectivity index (χ2v) is 13.2. The van der Waals surface area contributed by atoms with Crippen LogP contribution in [0.2, 0.25) is 0 Å². The quantitative estimate of drug-likeness (QED) is 0.137. The Labute approximate surface area is 286 Å². The number of benzene rings is 4. The average molecular weight is 660 g/mol. The van der Waals surface area contributed by atoms with Crippen LogP contribution in [0, 0.1) is 5.92 Å². The summed E-state index contributed by atoms with van der Waals surface area (Å²) in [5, 5.41) is 7.58. The fourth-order valence-corrected chi connectivity index (χ4v) is 5.84. The third kappa shape index (κ3) is 7.84. The minimum absolute atomic E-state index is 0.0390. The summed E-state index contributed by atoms with van der Waals surface area (Å²) < 4.78 is 22.7. The summed E-state index contributed by atoms with van der Waals surface area (Å²) in [6.45, 7) is 7.35. The molecule has 1 aromatic heterocycles. The third-order valence-electron chi connectivity index (χ3n) is 8.56. The van der Waals surface area contributed by atoms with Crippen molar-refractivity contribution >= 4 is 34.0 Å². The lowest BCUT2D eigenvalue weighted by atomic mass is 9.84. The fraction of sp³-hybridized carbons (Fsp3) is 0.275. The van der Waals surface area contributed by atoms with E-state index in [0.29, 0.717) is 60.2 Å². The Bertz CT molecular complexity index is 2000. The number of pyridine rings is 1. The zero-order valence-corrected chi connectivity index (χ0v) is 28.5. The molecule has 0 unspecified atom stereocenters. The molecule has 49 heavy (non-hydrogen) atoms. The monoisotopic (exact) mass is 659 g/mol. The Morgan fingerprint density at radius 2 is 1.61 bits per heavy atom. The fourth-order valence-electron chi connectivity index (χ4n) is 5.84. The lowest BCUT2D eigenvalue weighted by Gasteiger charge is -2.27. The highest BCUT2D eigenvalue weighted by atomic mass is 16.5. The number of rotatable bonds is 11. The maximum Gasteiger partial charge on any atom is 0.323 e. The zero-order chi connectivity index (χ0) is 34.5. The SMILES string of the molecule is COc1cccc(Cc2cc(Oc3ccc(NC(=O)Nc4cc(C(C)(C)C)cc(C(=O)CC5COC5)c4OC)c4ccccc34)ccn2)c1. The Hall–Kier alpha value is -5.41. The van der Waals surface area contributed by atoms with Crippen molar-refractivity contribution in [2.75, 3.05) is 38.1 Å². The number of carbonyl (C=O) groups excluding carboxylic acids is 2. The molecule has 1 aliphatic heterocycles. The highest BCUT2D eigenvalue weighted by molar-refractivity contribution is 6.09. The van der Waals surface area contributed by atoms with Crippen LogP contribution in [0.4, 0.5) is 16.2 Å². The highest BCUT2D eigenvalue weighted by Crippen LogP contribution is 2.38. The molecule has 4 aromatic carbocycles. The molecule has 1 aliphatic rings. The Balaban J connectivity index is 1.23. The van der Waals surface area contributed by atoms with Gasteiger partial charge in [-0.1, -0.05) is 57.2 Å². The molecule has 0 radical (unpaired) electrons. The number of anilines is 2. The Morgan fingerprint density at radius 3 is 2.33 bits per heavy atom. The van der Waals surface area contributed by atoms with Crippen LogP contribution in [0.3, 0.4) is 0 Å². The van der Waals surface area contributed by atoms with E-state index in [9.17, 15) is 9.59 Å². The molecule has 6 rings (SSSR count). The maximum atomic E-state index is 13.5. The van der Waals surface area contributed by atoms with Gasteiger partial charge in [-0.15, -0.1) is 0 Å². The number of hydrogen-bond donors (Lipinski definition) is 2. The van der Waals surface area contributed by atoms with E-state index < -0.39 is 6.03 Å². The molecule has 0 saturated carbocycles. The molecule has 9 heteroatoms. The van der Waals surface area contributed by atoms with Gasteiger partial charge < -0.3 is 29.6 Å². The van der Waals surface area contributed by atoms with E-state index in [2.05, 4.69) is 36.4 Å². The molecule has 0 bridgehead atoms. The van der Waals surface area contributed by atoms with Crippen molar-refractivity contribution in [2.24, 2.45) is 5.92 Å². The second-order valence-electron chi connectivity index (χ2n) is 13.2. The molecule has 1 saturated heterocycles. The first-order valence-corrected chi connectivity index (χ1v) is 16.3. The smallest absolute Gasteiger partial charge is 0.323 e. The predicted molar refractivity (Wildman–Crippen MR) is 192 cm³/mol. The molecule has 252 valence electrons. The van der Waals surface area contributed by atoms with Crippen molar-refractivity contribution in [1.82, 2.24) is 4.98 Å². The van der Waals surface area contributed by atoms with Crippen LogP contribution < -0.4 is 24.8 Å². The van der Waals surface area contributed by atoms with Crippen LogP contribution in [-0.4, -0.2) is 44.2 Å². The molecule has 9 nitrogen and oxygen atoms in total. The summed E-state index contributed by atoms with van der Waals surface area (Å²) in [5.74, 6) is 2.58. The van der Waals surface area contributed by atoms with Gasteiger partial charge in [0.1, 0.15) is 17.2 Å². The average Bonchev–Trinajstić information content (AvgIpc) is 3.07. The van der Waals surface area contributed by atoms with Crippen molar-refractivity contribution in [1.29, 1.82) is 0 Å². The first-order chi connectivity index (χ1) is 23.6. The highest BCUT2D eigenvalue weighted by Gasteiger charge is 2.28. The number of urea groups is 1. The van der Waals surface area contributed by atoms with Gasteiger partial charge in [-0.2, -0.15) is 0 Å². The Kier molecular flexibility index (Phi) is 9.82. The third-order valence-corrected chi connectivity index (χ3v) is 8.56. The molecule has 1 fully saturated rings. The van der Waals surface area contributed by atoms with Gasteiger partial charge in [0.2, 0.25) is 0 Å². The molecule has 2 heterocycles. The first kappa shape index (κ1) is 33.5.